The fourth-order valence-electron chi connectivity index (χ4n) is 3.19. The summed E-state index contributed by atoms with van der Waals surface area (Å²) in [5.74, 6) is -0.176. The van der Waals surface area contributed by atoms with Crippen LogP contribution in [-0.4, -0.2) is 39.8 Å². The van der Waals surface area contributed by atoms with Crippen molar-refractivity contribution < 1.29 is 21.0 Å². The summed E-state index contributed by atoms with van der Waals surface area (Å²) in [7, 11) is 1.41. The van der Waals surface area contributed by atoms with Crippen LogP contribution >= 0.6 is 0 Å². The van der Waals surface area contributed by atoms with E-state index in [4.69, 9.17) is 7.64 Å². The third kappa shape index (κ3) is 11.1. The third-order valence-electron chi connectivity index (χ3n) is 4.76. The molecule has 0 aliphatic carbocycles. The fraction of sp³-hybridized carbons (Fsp3) is 0.947. The van der Waals surface area contributed by atoms with Crippen molar-refractivity contribution in [3.8, 4) is 0 Å². The monoisotopic (exact) mass is 424 g/mol. The first-order valence-electron chi connectivity index (χ1n) is 10.00. The van der Waals surface area contributed by atoms with Crippen LogP contribution in [0.1, 0.15) is 96.8 Å². The van der Waals surface area contributed by atoms with Crippen LogP contribution in [0.2, 0.25) is 0 Å². The van der Waals surface area contributed by atoms with Gasteiger partial charge >= 0.3 is 151 Å². The Balaban J connectivity index is 2.06. The van der Waals surface area contributed by atoms with Crippen LogP contribution in [-0.2, 0) is 21.0 Å². The van der Waals surface area contributed by atoms with E-state index in [0.717, 1.165) is 32.1 Å². The summed E-state index contributed by atoms with van der Waals surface area (Å²) < 4.78 is 27.2. The topological polar surface area (TPSA) is 61.8 Å². The van der Waals surface area contributed by atoms with Crippen LogP contribution in [0.25, 0.3) is 0 Å². The molecule has 1 heterocycles. The van der Waals surface area contributed by atoms with Crippen molar-refractivity contribution in [2.75, 3.05) is 7.11 Å². The SMILES string of the molecule is CCCCCCCCCCC[C@@H]1O[Se](=O)O[C@H]1CCCCC(=O)OC. The van der Waals surface area contributed by atoms with Gasteiger partial charge in [0, 0.05) is 0 Å². The van der Waals surface area contributed by atoms with Gasteiger partial charge in [-0.05, 0) is 0 Å². The second-order valence-electron chi connectivity index (χ2n) is 6.91. The molecule has 0 aromatic heterocycles. The molecule has 1 unspecified atom stereocenters. The van der Waals surface area contributed by atoms with Crippen molar-refractivity contribution in [3.63, 3.8) is 0 Å². The molecule has 1 aliphatic rings. The molecule has 0 bridgehead atoms. The summed E-state index contributed by atoms with van der Waals surface area (Å²) in [6.45, 7) is 2.25. The Morgan fingerprint density at radius 2 is 1.32 bits per heavy atom. The molecule has 0 aromatic carbocycles. The van der Waals surface area contributed by atoms with Crippen LogP contribution in [0.3, 0.4) is 0 Å². The predicted octanol–water partition coefficient (Wildman–Crippen LogP) is 4.84. The van der Waals surface area contributed by atoms with E-state index in [0.29, 0.717) is 6.42 Å². The molecule has 0 N–H and O–H groups in total. The molecule has 1 rings (SSSR count). The molecule has 25 heavy (non-hydrogen) atoms. The van der Waals surface area contributed by atoms with Crippen molar-refractivity contribution >= 4 is 20.5 Å². The predicted molar refractivity (Wildman–Crippen MR) is 98.5 cm³/mol. The number of unbranched alkanes of at least 4 members (excludes halogenated alkanes) is 9. The quantitative estimate of drug-likeness (QED) is 0.214. The average Bonchev–Trinajstić information content (AvgIpc) is 2.96. The Hall–Kier alpha value is -0.291. The molecule has 1 fully saturated rings. The van der Waals surface area contributed by atoms with Crippen LogP contribution in [0.4, 0.5) is 0 Å². The molecule has 1 saturated heterocycles. The van der Waals surface area contributed by atoms with Gasteiger partial charge < -0.3 is 0 Å². The fourth-order valence-corrected chi connectivity index (χ4v) is 5.06. The van der Waals surface area contributed by atoms with Gasteiger partial charge in [-0.15, -0.1) is 0 Å². The minimum atomic E-state index is -2.53. The van der Waals surface area contributed by atoms with Crippen LogP contribution < -0.4 is 0 Å². The molecule has 148 valence electrons. The molecule has 0 aromatic rings. The van der Waals surface area contributed by atoms with Gasteiger partial charge in [-0.3, -0.25) is 0 Å². The van der Waals surface area contributed by atoms with Crippen molar-refractivity contribution in [1.82, 2.24) is 0 Å². The number of carbonyl (C=O) groups excluding carboxylic acids is 1. The summed E-state index contributed by atoms with van der Waals surface area (Å²) in [4.78, 5) is 11.1. The third-order valence-corrected chi connectivity index (χ3v) is 6.46. The van der Waals surface area contributed by atoms with Crippen LogP contribution in [0.15, 0.2) is 0 Å². The van der Waals surface area contributed by atoms with Gasteiger partial charge in [0.1, 0.15) is 0 Å². The minimum absolute atomic E-state index is 0.0230. The molecule has 3 atom stereocenters. The van der Waals surface area contributed by atoms with E-state index < -0.39 is 14.5 Å². The van der Waals surface area contributed by atoms with Gasteiger partial charge in [-0.25, -0.2) is 0 Å². The number of esters is 1. The van der Waals surface area contributed by atoms with Crippen LogP contribution in [0, 0.1) is 0 Å². The Labute approximate surface area is 157 Å². The Kier molecular flexibility index (Phi) is 13.5. The van der Waals surface area contributed by atoms with Crippen molar-refractivity contribution in [3.05, 3.63) is 0 Å². The molecule has 0 amide bonds. The van der Waals surface area contributed by atoms with Gasteiger partial charge in [0.05, 0.1) is 0 Å². The van der Waals surface area contributed by atoms with Gasteiger partial charge in [-0.2, -0.15) is 0 Å². The summed E-state index contributed by atoms with van der Waals surface area (Å²) in [6.07, 6.45) is 15.4. The summed E-state index contributed by atoms with van der Waals surface area (Å²) in [6, 6.07) is 0. The zero-order valence-electron chi connectivity index (χ0n) is 16.0. The number of methoxy groups -OCH3 is 1. The number of ether oxygens (including phenoxy) is 1. The van der Waals surface area contributed by atoms with Crippen molar-refractivity contribution in [2.24, 2.45) is 0 Å². The van der Waals surface area contributed by atoms with E-state index in [1.165, 1.54) is 58.5 Å². The van der Waals surface area contributed by atoms with E-state index in [-0.39, 0.29) is 18.2 Å². The zero-order valence-corrected chi connectivity index (χ0v) is 17.7. The average molecular weight is 423 g/mol. The molecular formula is C19H36O5Se. The second kappa shape index (κ2) is 14.8. The summed E-state index contributed by atoms with van der Waals surface area (Å²) in [5.41, 5.74) is 0. The number of hydrogen-bond acceptors (Lipinski definition) is 5. The second-order valence-corrected chi connectivity index (χ2v) is 8.58. The molecule has 6 heteroatoms. The Morgan fingerprint density at radius 3 is 1.84 bits per heavy atom. The van der Waals surface area contributed by atoms with Crippen LogP contribution in [0.5, 0.6) is 0 Å². The van der Waals surface area contributed by atoms with Gasteiger partial charge in [0.2, 0.25) is 0 Å². The maximum absolute atomic E-state index is 11.6. The summed E-state index contributed by atoms with van der Waals surface area (Å²) >= 11 is -2.53. The summed E-state index contributed by atoms with van der Waals surface area (Å²) in [5, 5.41) is 0. The van der Waals surface area contributed by atoms with Crippen molar-refractivity contribution in [1.29, 1.82) is 0 Å². The Morgan fingerprint density at radius 1 is 0.840 bits per heavy atom. The van der Waals surface area contributed by atoms with E-state index >= 15 is 0 Å². The standard InChI is InChI=1S/C19H36O5Se/c1-3-4-5-6-7-8-9-10-11-14-17-18(24-25(21)23-17)15-12-13-16-19(20)22-2/h17-18H,3-16H2,1-2H3/t17-,18-,25?/m0/s1. The number of hydrogen-bond donors (Lipinski definition) is 0. The van der Waals surface area contributed by atoms with Crippen molar-refractivity contribution in [2.45, 2.75) is 109 Å². The molecule has 1 aliphatic heterocycles. The normalized spacial score (nSPS) is 23.0. The first-order valence-corrected chi connectivity index (χ1v) is 12.1. The molecular weight excluding hydrogens is 387 g/mol. The van der Waals surface area contributed by atoms with Gasteiger partial charge in [-0.1, -0.05) is 6.92 Å². The molecule has 0 saturated carbocycles. The maximum atomic E-state index is 11.6. The first kappa shape index (κ1) is 22.7. The molecule has 0 radical (unpaired) electrons. The number of carbonyl (C=O) groups is 1. The van der Waals surface area contributed by atoms with E-state index in [2.05, 4.69) is 11.7 Å². The van der Waals surface area contributed by atoms with Gasteiger partial charge in [0.15, 0.2) is 0 Å². The molecule has 0 spiro atoms. The Bertz CT molecular complexity index is 375. The van der Waals surface area contributed by atoms with E-state index in [9.17, 15) is 8.63 Å². The first-order chi connectivity index (χ1) is 12.2. The number of rotatable bonds is 15. The molecule has 5 nitrogen and oxygen atoms in total. The van der Waals surface area contributed by atoms with E-state index in [1.54, 1.807) is 0 Å². The van der Waals surface area contributed by atoms with Gasteiger partial charge in [0.25, 0.3) is 0 Å². The zero-order chi connectivity index (χ0) is 18.3. The van der Waals surface area contributed by atoms with E-state index in [1.807, 2.05) is 0 Å².